The van der Waals surface area contributed by atoms with Gasteiger partial charge in [0.25, 0.3) is 5.56 Å². The van der Waals surface area contributed by atoms with E-state index in [1.54, 1.807) is 6.07 Å². The fraction of sp³-hybridized carbons (Fsp3) is 0.346. The number of benzene rings is 2. The van der Waals surface area contributed by atoms with Gasteiger partial charge in [-0.05, 0) is 29.7 Å². The number of anilines is 1. The minimum absolute atomic E-state index is 0.0677. The van der Waals surface area contributed by atoms with Gasteiger partial charge in [-0.25, -0.2) is 4.68 Å². The van der Waals surface area contributed by atoms with Gasteiger partial charge in [0.2, 0.25) is 5.91 Å². The Morgan fingerprint density at radius 2 is 1.59 bits per heavy atom. The standard InChI is InChI=1S/C26H30N4O2/c1-20(2)21-8-10-22(11-9-21)24-12-13-26(32)30(27-24)15-14-25(31)29-18-16-28(17-19-29)23-6-4-3-5-7-23/h3-13,20H,14-19H2,1-2H3. The molecule has 1 fully saturated rings. The van der Waals surface area contributed by atoms with Crippen molar-refractivity contribution in [1.82, 2.24) is 14.7 Å². The monoisotopic (exact) mass is 430 g/mol. The predicted octanol–water partition coefficient (Wildman–Crippen LogP) is 3.77. The molecule has 6 heteroatoms. The number of hydrogen-bond donors (Lipinski definition) is 0. The van der Waals surface area contributed by atoms with Crippen molar-refractivity contribution in [2.75, 3.05) is 31.1 Å². The second kappa shape index (κ2) is 9.81. The van der Waals surface area contributed by atoms with E-state index < -0.39 is 0 Å². The predicted molar refractivity (Wildman–Crippen MR) is 128 cm³/mol. The fourth-order valence-corrected chi connectivity index (χ4v) is 4.01. The molecule has 0 aliphatic carbocycles. The molecule has 1 aliphatic heterocycles. The van der Waals surface area contributed by atoms with E-state index in [-0.39, 0.29) is 24.4 Å². The van der Waals surface area contributed by atoms with Crippen molar-refractivity contribution in [3.05, 3.63) is 82.6 Å². The summed E-state index contributed by atoms with van der Waals surface area (Å²) in [5.41, 5.74) is 3.97. The van der Waals surface area contributed by atoms with Crippen LogP contribution in [0.5, 0.6) is 0 Å². The number of carbonyl (C=O) groups is 1. The van der Waals surface area contributed by atoms with Crippen LogP contribution in [0.3, 0.4) is 0 Å². The number of para-hydroxylation sites is 1. The number of carbonyl (C=O) groups excluding carboxylic acids is 1. The number of hydrogen-bond acceptors (Lipinski definition) is 4. The molecule has 0 spiro atoms. The van der Waals surface area contributed by atoms with Gasteiger partial charge in [0, 0.05) is 49.9 Å². The second-order valence-corrected chi connectivity index (χ2v) is 8.51. The molecule has 0 radical (unpaired) electrons. The molecule has 1 saturated heterocycles. The van der Waals surface area contributed by atoms with E-state index in [4.69, 9.17) is 0 Å². The van der Waals surface area contributed by atoms with E-state index in [0.29, 0.717) is 19.0 Å². The van der Waals surface area contributed by atoms with Crippen LogP contribution in [0.25, 0.3) is 11.3 Å². The molecule has 1 amide bonds. The highest BCUT2D eigenvalue weighted by Crippen LogP contribution is 2.20. The number of amides is 1. The minimum atomic E-state index is -0.186. The summed E-state index contributed by atoms with van der Waals surface area (Å²) in [6, 6.07) is 21.8. The summed E-state index contributed by atoms with van der Waals surface area (Å²) in [5, 5.41) is 4.51. The molecule has 0 saturated carbocycles. The Morgan fingerprint density at radius 1 is 0.906 bits per heavy atom. The van der Waals surface area contributed by atoms with Gasteiger partial charge in [0.15, 0.2) is 0 Å². The number of aromatic nitrogens is 2. The fourth-order valence-electron chi connectivity index (χ4n) is 4.01. The number of piperazine rings is 1. The quantitative estimate of drug-likeness (QED) is 0.597. The van der Waals surface area contributed by atoms with Gasteiger partial charge in [0.05, 0.1) is 12.2 Å². The molecule has 2 heterocycles. The molecule has 32 heavy (non-hydrogen) atoms. The highest BCUT2D eigenvalue weighted by atomic mass is 16.2. The molecule has 166 valence electrons. The van der Waals surface area contributed by atoms with Gasteiger partial charge in [0.1, 0.15) is 0 Å². The maximum absolute atomic E-state index is 12.7. The van der Waals surface area contributed by atoms with Gasteiger partial charge in [-0.1, -0.05) is 56.3 Å². The molecular weight excluding hydrogens is 400 g/mol. The summed E-state index contributed by atoms with van der Waals surface area (Å²) >= 11 is 0. The molecule has 6 nitrogen and oxygen atoms in total. The van der Waals surface area contributed by atoms with E-state index in [2.05, 4.69) is 48.1 Å². The summed E-state index contributed by atoms with van der Waals surface area (Å²) in [6.07, 6.45) is 0.272. The van der Waals surface area contributed by atoms with Crippen LogP contribution in [0.15, 0.2) is 71.5 Å². The molecular formula is C26H30N4O2. The van der Waals surface area contributed by atoms with Gasteiger partial charge >= 0.3 is 0 Å². The Labute approximate surface area is 189 Å². The molecule has 0 unspecified atom stereocenters. The molecule has 1 aromatic heterocycles. The average molecular weight is 431 g/mol. The average Bonchev–Trinajstić information content (AvgIpc) is 2.84. The van der Waals surface area contributed by atoms with Crippen molar-refractivity contribution < 1.29 is 4.79 Å². The first-order valence-electron chi connectivity index (χ1n) is 11.3. The van der Waals surface area contributed by atoms with E-state index in [9.17, 15) is 9.59 Å². The summed E-state index contributed by atoms with van der Waals surface area (Å²) < 4.78 is 1.41. The summed E-state index contributed by atoms with van der Waals surface area (Å²) in [5.74, 6) is 0.532. The molecule has 0 atom stereocenters. The van der Waals surface area contributed by atoms with Crippen LogP contribution in [0.2, 0.25) is 0 Å². The molecule has 2 aromatic carbocycles. The Bertz CT molecular complexity index is 1100. The van der Waals surface area contributed by atoms with E-state index in [0.717, 1.165) is 24.3 Å². The lowest BCUT2D eigenvalue weighted by Gasteiger charge is -2.36. The first-order chi connectivity index (χ1) is 15.5. The van der Waals surface area contributed by atoms with E-state index >= 15 is 0 Å². The van der Waals surface area contributed by atoms with E-state index in [1.165, 1.54) is 22.0 Å². The van der Waals surface area contributed by atoms with Crippen molar-refractivity contribution in [1.29, 1.82) is 0 Å². The van der Waals surface area contributed by atoms with Crippen LogP contribution in [-0.4, -0.2) is 46.8 Å². The Morgan fingerprint density at radius 3 is 2.25 bits per heavy atom. The number of aryl methyl sites for hydroxylation is 1. The smallest absolute Gasteiger partial charge is 0.266 e. The van der Waals surface area contributed by atoms with Crippen LogP contribution in [-0.2, 0) is 11.3 Å². The maximum atomic E-state index is 12.7. The van der Waals surface area contributed by atoms with Gasteiger partial charge < -0.3 is 9.80 Å². The summed E-state index contributed by atoms with van der Waals surface area (Å²) in [7, 11) is 0. The van der Waals surface area contributed by atoms with Crippen LogP contribution >= 0.6 is 0 Å². The molecule has 0 N–H and O–H groups in total. The SMILES string of the molecule is CC(C)c1ccc(-c2ccc(=O)n(CCC(=O)N3CCN(c4ccccc4)CC3)n2)cc1. The Balaban J connectivity index is 1.36. The lowest BCUT2D eigenvalue weighted by Crippen LogP contribution is -2.49. The van der Waals surface area contributed by atoms with Gasteiger partial charge in [-0.2, -0.15) is 5.10 Å². The van der Waals surface area contributed by atoms with Crippen LogP contribution in [0, 0.1) is 0 Å². The summed E-state index contributed by atoms with van der Waals surface area (Å²) in [6.45, 7) is 7.62. The van der Waals surface area contributed by atoms with Crippen molar-refractivity contribution >= 4 is 11.6 Å². The van der Waals surface area contributed by atoms with Crippen molar-refractivity contribution in [3.8, 4) is 11.3 Å². The zero-order chi connectivity index (χ0) is 22.5. The second-order valence-electron chi connectivity index (χ2n) is 8.51. The van der Waals surface area contributed by atoms with Gasteiger partial charge in [-0.15, -0.1) is 0 Å². The molecule has 3 aromatic rings. The highest BCUT2D eigenvalue weighted by molar-refractivity contribution is 5.76. The van der Waals surface area contributed by atoms with E-state index in [1.807, 2.05) is 35.2 Å². The lowest BCUT2D eigenvalue weighted by molar-refractivity contribution is -0.131. The first kappa shape index (κ1) is 21.8. The van der Waals surface area contributed by atoms with Gasteiger partial charge in [-0.3, -0.25) is 9.59 Å². The minimum Gasteiger partial charge on any atom is -0.368 e. The number of nitrogens with zero attached hydrogens (tertiary/aromatic N) is 4. The third-order valence-electron chi connectivity index (χ3n) is 6.03. The van der Waals surface area contributed by atoms with Crippen molar-refractivity contribution in [2.24, 2.45) is 0 Å². The number of rotatable bonds is 6. The Kier molecular flexibility index (Phi) is 6.69. The third kappa shape index (κ3) is 5.07. The van der Waals surface area contributed by atoms with Crippen LogP contribution in [0.4, 0.5) is 5.69 Å². The zero-order valence-corrected chi connectivity index (χ0v) is 18.8. The maximum Gasteiger partial charge on any atom is 0.266 e. The Hall–Kier alpha value is -3.41. The third-order valence-corrected chi connectivity index (χ3v) is 6.03. The normalized spacial score (nSPS) is 14.1. The largest absolute Gasteiger partial charge is 0.368 e. The lowest BCUT2D eigenvalue weighted by atomic mass is 10.0. The zero-order valence-electron chi connectivity index (χ0n) is 18.8. The highest BCUT2D eigenvalue weighted by Gasteiger charge is 2.21. The van der Waals surface area contributed by atoms with Crippen LogP contribution < -0.4 is 10.5 Å². The van der Waals surface area contributed by atoms with Crippen LogP contribution in [0.1, 0.15) is 31.7 Å². The van der Waals surface area contributed by atoms with Crippen molar-refractivity contribution in [2.45, 2.75) is 32.7 Å². The molecule has 0 bridgehead atoms. The van der Waals surface area contributed by atoms with Crippen molar-refractivity contribution in [3.63, 3.8) is 0 Å². The first-order valence-corrected chi connectivity index (χ1v) is 11.3. The topological polar surface area (TPSA) is 58.4 Å². The molecule has 4 rings (SSSR count). The molecule has 1 aliphatic rings. The summed E-state index contributed by atoms with van der Waals surface area (Å²) in [4.78, 5) is 29.2.